The standard InChI is InChI=1S/C23H20O4/c24-23(25)14-12-20-11-13-21(26-16-18-7-3-1-4-8-18)15-22(20)27-17-19-9-5-2-6-10-19/h1-15H,16-17H2,(H,24,25)/b14-12+. The maximum atomic E-state index is 10.8. The van der Waals surface area contributed by atoms with E-state index in [0.717, 1.165) is 17.2 Å². The molecule has 0 atom stereocenters. The van der Waals surface area contributed by atoms with Crippen LogP contribution >= 0.6 is 0 Å². The van der Waals surface area contributed by atoms with Crippen LogP contribution in [0, 0.1) is 0 Å². The zero-order valence-electron chi connectivity index (χ0n) is 14.7. The van der Waals surface area contributed by atoms with Gasteiger partial charge in [0.1, 0.15) is 24.7 Å². The Hall–Kier alpha value is -3.53. The predicted octanol–water partition coefficient (Wildman–Crippen LogP) is 4.94. The summed E-state index contributed by atoms with van der Waals surface area (Å²) < 4.78 is 11.8. The van der Waals surface area contributed by atoms with Gasteiger partial charge < -0.3 is 14.6 Å². The van der Waals surface area contributed by atoms with Gasteiger partial charge in [-0.25, -0.2) is 4.79 Å². The molecule has 0 aliphatic heterocycles. The number of hydrogen-bond donors (Lipinski definition) is 1. The molecule has 0 bridgehead atoms. The Morgan fingerprint density at radius 3 is 2.00 bits per heavy atom. The fraction of sp³-hybridized carbons (Fsp3) is 0.0870. The van der Waals surface area contributed by atoms with Crippen molar-refractivity contribution in [3.8, 4) is 11.5 Å². The smallest absolute Gasteiger partial charge is 0.328 e. The van der Waals surface area contributed by atoms with Crippen LogP contribution in [0.2, 0.25) is 0 Å². The van der Waals surface area contributed by atoms with Crippen molar-refractivity contribution in [3.63, 3.8) is 0 Å². The van der Waals surface area contributed by atoms with E-state index in [0.29, 0.717) is 30.3 Å². The van der Waals surface area contributed by atoms with Crippen molar-refractivity contribution in [3.05, 3.63) is 102 Å². The van der Waals surface area contributed by atoms with Crippen molar-refractivity contribution in [2.24, 2.45) is 0 Å². The fourth-order valence-electron chi connectivity index (χ4n) is 2.50. The van der Waals surface area contributed by atoms with Gasteiger partial charge in [0.2, 0.25) is 0 Å². The summed E-state index contributed by atoms with van der Waals surface area (Å²) in [6.45, 7) is 0.833. The minimum Gasteiger partial charge on any atom is -0.489 e. The van der Waals surface area contributed by atoms with E-state index in [1.165, 1.54) is 6.08 Å². The van der Waals surface area contributed by atoms with E-state index in [-0.39, 0.29) is 0 Å². The first-order valence-electron chi connectivity index (χ1n) is 8.59. The summed E-state index contributed by atoms with van der Waals surface area (Å²) in [4.78, 5) is 10.8. The lowest BCUT2D eigenvalue weighted by Gasteiger charge is -2.12. The molecule has 0 fully saturated rings. The van der Waals surface area contributed by atoms with E-state index >= 15 is 0 Å². The molecule has 0 unspecified atom stereocenters. The van der Waals surface area contributed by atoms with Crippen LogP contribution in [0.5, 0.6) is 11.5 Å². The summed E-state index contributed by atoms with van der Waals surface area (Å²) in [5, 5.41) is 8.89. The zero-order valence-corrected chi connectivity index (χ0v) is 14.7. The van der Waals surface area contributed by atoms with Crippen LogP contribution in [0.15, 0.2) is 84.9 Å². The van der Waals surface area contributed by atoms with Gasteiger partial charge in [0.15, 0.2) is 0 Å². The Balaban J connectivity index is 1.76. The van der Waals surface area contributed by atoms with Gasteiger partial charge in [0, 0.05) is 17.7 Å². The number of benzene rings is 3. The topological polar surface area (TPSA) is 55.8 Å². The Bertz CT molecular complexity index is 902. The van der Waals surface area contributed by atoms with Gasteiger partial charge in [-0.2, -0.15) is 0 Å². The number of aliphatic carboxylic acids is 1. The van der Waals surface area contributed by atoms with Crippen LogP contribution in [-0.4, -0.2) is 11.1 Å². The SMILES string of the molecule is O=C(O)/C=C/c1ccc(OCc2ccccc2)cc1OCc1ccccc1. The summed E-state index contributed by atoms with van der Waals surface area (Å²) in [6.07, 6.45) is 2.61. The van der Waals surface area contributed by atoms with Crippen LogP contribution in [-0.2, 0) is 18.0 Å². The second-order valence-electron chi connectivity index (χ2n) is 5.92. The molecule has 3 rings (SSSR count). The van der Waals surface area contributed by atoms with Crippen molar-refractivity contribution >= 4 is 12.0 Å². The number of carbonyl (C=O) groups is 1. The lowest BCUT2D eigenvalue weighted by atomic mass is 10.1. The number of carboxylic acids is 1. The Kier molecular flexibility index (Phi) is 6.26. The van der Waals surface area contributed by atoms with Crippen molar-refractivity contribution in [2.75, 3.05) is 0 Å². The van der Waals surface area contributed by atoms with Gasteiger partial charge in [-0.3, -0.25) is 0 Å². The third-order valence-electron chi connectivity index (χ3n) is 3.88. The maximum Gasteiger partial charge on any atom is 0.328 e. The lowest BCUT2D eigenvalue weighted by Crippen LogP contribution is -1.99. The van der Waals surface area contributed by atoms with E-state index in [9.17, 15) is 4.79 Å². The zero-order chi connectivity index (χ0) is 18.9. The molecule has 0 radical (unpaired) electrons. The first-order chi connectivity index (χ1) is 13.2. The third-order valence-corrected chi connectivity index (χ3v) is 3.88. The molecule has 136 valence electrons. The Labute approximate surface area is 158 Å². The summed E-state index contributed by atoms with van der Waals surface area (Å²) in [6, 6.07) is 25.1. The highest BCUT2D eigenvalue weighted by molar-refractivity contribution is 5.86. The molecule has 0 saturated carbocycles. The maximum absolute atomic E-state index is 10.8. The van der Waals surface area contributed by atoms with Gasteiger partial charge in [-0.05, 0) is 29.3 Å². The summed E-state index contributed by atoms with van der Waals surface area (Å²) in [5.41, 5.74) is 2.78. The summed E-state index contributed by atoms with van der Waals surface area (Å²) in [5.74, 6) is 0.227. The van der Waals surface area contributed by atoms with Gasteiger partial charge in [0.05, 0.1) is 0 Å². The number of rotatable bonds is 8. The molecule has 3 aromatic carbocycles. The molecule has 0 aromatic heterocycles. The third kappa shape index (κ3) is 5.75. The minimum absolute atomic E-state index is 0.386. The molecule has 0 amide bonds. The van der Waals surface area contributed by atoms with Gasteiger partial charge >= 0.3 is 5.97 Å². The quantitative estimate of drug-likeness (QED) is 0.578. The van der Waals surface area contributed by atoms with Crippen molar-refractivity contribution in [2.45, 2.75) is 13.2 Å². The minimum atomic E-state index is -1.01. The molecular formula is C23H20O4. The predicted molar refractivity (Wildman–Crippen MR) is 105 cm³/mol. The molecule has 0 saturated heterocycles. The highest BCUT2D eigenvalue weighted by Crippen LogP contribution is 2.27. The van der Waals surface area contributed by atoms with E-state index < -0.39 is 5.97 Å². The Morgan fingerprint density at radius 1 is 0.815 bits per heavy atom. The van der Waals surface area contributed by atoms with Crippen LogP contribution in [0.3, 0.4) is 0 Å². The van der Waals surface area contributed by atoms with Crippen LogP contribution < -0.4 is 9.47 Å². The van der Waals surface area contributed by atoms with Crippen LogP contribution in [0.1, 0.15) is 16.7 Å². The summed E-state index contributed by atoms with van der Waals surface area (Å²) >= 11 is 0. The van der Waals surface area contributed by atoms with Crippen molar-refractivity contribution < 1.29 is 19.4 Å². The van der Waals surface area contributed by atoms with E-state index in [1.54, 1.807) is 18.2 Å². The monoisotopic (exact) mass is 360 g/mol. The number of ether oxygens (including phenoxy) is 2. The van der Waals surface area contributed by atoms with Crippen molar-refractivity contribution in [1.82, 2.24) is 0 Å². The molecule has 1 N–H and O–H groups in total. The van der Waals surface area contributed by atoms with E-state index in [2.05, 4.69) is 0 Å². The van der Waals surface area contributed by atoms with Gasteiger partial charge in [0.25, 0.3) is 0 Å². The van der Waals surface area contributed by atoms with E-state index in [1.807, 2.05) is 60.7 Å². The molecule has 0 aliphatic rings. The summed E-state index contributed by atoms with van der Waals surface area (Å²) in [7, 11) is 0. The van der Waals surface area contributed by atoms with Crippen molar-refractivity contribution in [1.29, 1.82) is 0 Å². The molecule has 0 aliphatic carbocycles. The lowest BCUT2D eigenvalue weighted by molar-refractivity contribution is -0.131. The molecule has 4 nitrogen and oxygen atoms in total. The molecule has 0 spiro atoms. The van der Waals surface area contributed by atoms with E-state index in [4.69, 9.17) is 14.6 Å². The number of carboxylic acid groups (broad SMARTS) is 1. The first kappa shape index (κ1) is 18.3. The second-order valence-corrected chi connectivity index (χ2v) is 5.92. The Morgan fingerprint density at radius 2 is 1.41 bits per heavy atom. The highest BCUT2D eigenvalue weighted by atomic mass is 16.5. The molecule has 4 heteroatoms. The molecular weight excluding hydrogens is 340 g/mol. The first-order valence-corrected chi connectivity index (χ1v) is 8.59. The van der Waals surface area contributed by atoms with Crippen LogP contribution in [0.25, 0.3) is 6.08 Å². The highest BCUT2D eigenvalue weighted by Gasteiger charge is 2.06. The largest absolute Gasteiger partial charge is 0.489 e. The number of hydrogen-bond acceptors (Lipinski definition) is 3. The van der Waals surface area contributed by atoms with Crippen LogP contribution in [0.4, 0.5) is 0 Å². The molecule has 0 heterocycles. The van der Waals surface area contributed by atoms with Gasteiger partial charge in [-0.1, -0.05) is 60.7 Å². The second kappa shape index (κ2) is 9.25. The fourth-order valence-corrected chi connectivity index (χ4v) is 2.50. The molecule has 27 heavy (non-hydrogen) atoms. The average Bonchev–Trinajstić information content (AvgIpc) is 2.71. The average molecular weight is 360 g/mol. The normalized spacial score (nSPS) is 10.7. The van der Waals surface area contributed by atoms with Gasteiger partial charge in [-0.15, -0.1) is 0 Å². The molecule has 3 aromatic rings.